The number of fused-ring (bicyclic) bond motifs is 1. The normalized spacial score (nSPS) is 10.8. The lowest BCUT2D eigenvalue weighted by atomic mass is 10.1. The first-order chi connectivity index (χ1) is 10.3. The van der Waals surface area contributed by atoms with Crippen LogP contribution in [0.3, 0.4) is 0 Å². The number of methoxy groups -OCH3 is 1. The van der Waals surface area contributed by atoms with Gasteiger partial charge >= 0.3 is 0 Å². The number of nitrogens with zero attached hydrogens (tertiary/aromatic N) is 4. The van der Waals surface area contributed by atoms with Gasteiger partial charge in [0.05, 0.1) is 7.11 Å². The molecular weight excluding hydrogens is 266 g/mol. The van der Waals surface area contributed by atoms with Crippen LogP contribution < -0.4 is 10.1 Å². The van der Waals surface area contributed by atoms with Crippen molar-refractivity contribution in [1.82, 2.24) is 19.6 Å². The Morgan fingerprint density at radius 3 is 2.76 bits per heavy atom. The smallest absolute Gasteiger partial charge is 0.203 e. The van der Waals surface area contributed by atoms with E-state index in [4.69, 9.17) is 4.74 Å². The van der Waals surface area contributed by atoms with Crippen LogP contribution >= 0.6 is 0 Å². The zero-order valence-corrected chi connectivity index (χ0v) is 12.1. The molecule has 2 aromatic heterocycles. The van der Waals surface area contributed by atoms with Gasteiger partial charge in [0, 0.05) is 18.9 Å². The minimum absolute atomic E-state index is 0.754. The Morgan fingerprint density at radius 2 is 2.00 bits per heavy atom. The van der Waals surface area contributed by atoms with Crippen molar-refractivity contribution < 1.29 is 4.74 Å². The first-order valence-corrected chi connectivity index (χ1v) is 6.81. The molecule has 0 aliphatic rings. The number of ether oxygens (including phenoxy) is 1. The first-order valence-electron chi connectivity index (χ1n) is 6.81. The molecule has 1 aromatic carbocycles. The number of hydrogen-bond acceptors (Lipinski definition) is 5. The maximum absolute atomic E-state index is 5.15. The van der Waals surface area contributed by atoms with Crippen LogP contribution in [-0.2, 0) is 6.42 Å². The molecule has 108 valence electrons. The van der Waals surface area contributed by atoms with Crippen molar-refractivity contribution in [2.45, 2.75) is 13.3 Å². The van der Waals surface area contributed by atoms with Gasteiger partial charge in [-0.1, -0.05) is 12.1 Å². The average Bonchev–Trinajstić information content (AvgIpc) is 2.91. The summed E-state index contributed by atoms with van der Waals surface area (Å²) in [5.41, 5.74) is 2.00. The third kappa shape index (κ3) is 2.79. The number of aromatic nitrogens is 4. The molecule has 0 amide bonds. The van der Waals surface area contributed by atoms with Crippen LogP contribution in [0, 0.1) is 6.92 Å². The van der Waals surface area contributed by atoms with Crippen molar-refractivity contribution in [1.29, 1.82) is 0 Å². The van der Waals surface area contributed by atoms with E-state index in [2.05, 4.69) is 32.6 Å². The summed E-state index contributed by atoms with van der Waals surface area (Å²) in [5.74, 6) is 2.48. The molecule has 6 heteroatoms. The quantitative estimate of drug-likeness (QED) is 0.777. The lowest BCUT2D eigenvalue weighted by Gasteiger charge is -2.07. The Bertz CT molecular complexity index is 735. The Balaban J connectivity index is 1.66. The van der Waals surface area contributed by atoms with Crippen molar-refractivity contribution in [3.8, 4) is 5.75 Å². The van der Waals surface area contributed by atoms with Crippen molar-refractivity contribution >= 4 is 11.5 Å². The summed E-state index contributed by atoms with van der Waals surface area (Å²) in [6.07, 6.45) is 4.51. The summed E-state index contributed by atoms with van der Waals surface area (Å²) in [4.78, 5) is 4.32. The summed E-state index contributed by atoms with van der Waals surface area (Å²) in [5, 5.41) is 11.5. The fraction of sp³-hybridized carbons (Fsp3) is 0.267. The van der Waals surface area contributed by atoms with E-state index in [9.17, 15) is 0 Å². The maximum Gasteiger partial charge on any atom is 0.203 e. The lowest BCUT2D eigenvalue weighted by Crippen LogP contribution is -2.08. The van der Waals surface area contributed by atoms with Gasteiger partial charge in [-0.05, 0) is 31.0 Å². The molecule has 3 aromatic rings. The number of rotatable bonds is 5. The van der Waals surface area contributed by atoms with Gasteiger partial charge in [-0.15, -0.1) is 10.2 Å². The minimum atomic E-state index is 0.754. The Morgan fingerprint density at radius 1 is 1.19 bits per heavy atom. The van der Waals surface area contributed by atoms with E-state index in [1.165, 1.54) is 5.56 Å². The van der Waals surface area contributed by atoms with E-state index in [1.54, 1.807) is 13.3 Å². The molecule has 0 bridgehead atoms. The number of nitrogens with one attached hydrogen (secondary N) is 1. The molecule has 0 fully saturated rings. The highest BCUT2D eigenvalue weighted by atomic mass is 16.5. The molecule has 3 rings (SSSR count). The van der Waals surface area contributed by atoms with Crippen LogP contribution in [0.5, 0.6) is 5.75 Å². The lowest BCUT2D eigenvalue weighted by molar-refractivity contribution is 0.414. The molecule has 0 saturated heterocycles. The van der Waals surface area contributed by atoms with Crippen LogP contribution in [-0.4, -0.2) is 33.2 Å². The summed E-state index contributed by atoms with van der Waals surface area (Å²) in [7, 11) is 1.67. The van der Waals surface area contributed by atoms with E-state index in [0.717, 1.165) is 36.0 Å². The second kappa shape index (κ2) is 5.78. The van der Waals surface area contributed by atoms with E-state index in [1.807, 2.05) is 29.7 Å². The monoisotopic (exact) mass is 283 g/mol. The van der Waals surface area contributed by atoms with Gasteiger partial charge in [0.25, 0.3) is 0 Å². The van der Waals surface area contributed by atoms with Crippen molar-refractivity contribution in [3.63, 3.8) is 0 Å². The van der Waals surface area contributed by atoms with Crippen molar-refractivity contribution in [2.24, 2.45) is 0 Å². The fourth-order valence-electron chi connectivity index (χ4n) is 2.18. The molecule has 2 heterocycles. The van der Waals surface area contributed by atoms with E-state index >= 15 is 0 Å². The third-order valence-corrected chi connectivity index (χ3v) is 3.36. The van der Waals surface area contributed by atoms with Crippen molar-refractivity contribution in [3.05, 3.63) is 48.0 Å². The number of aryl methyl sites for hydroxylation is 1. The maximum atomic E-state index is 5.15. The van der Waals surface area contributed by atoms with Crippen LogP contribution in [0.4, 0.5) is 5.82 Å². The first kappa shape index (κ1) is 13.4. The summed E-state index contributed by atoms with van der Waals surface area (Å²) >= 11 is 0. The highest BCUT2D eigenvalue weighted by molar-refractivity contribution is 5.61. The molecule has 0 unspecified atom stereocenters. The van der Waals surface area contributed by atoms with Gasteiger partial charge in [0.15, 0.2) is 5.82 Å². The van der Waals surface area contributed by atoms with Gasteiger partial charge in [0.2, 0.25) is 5.65 Å². The van der Waals surface area contributed by atoms with E-state index in [-0.39, 0.29) is 0 Å². The minimum Gasteiger partial charge on any atom is -0.497 e. The highest BCUT2D eigenvalue weighted by Crippen LogP contribution is 2.14. The van der Waals surface area contributed by atoms with Gasteiger partial charge in [0.1, 0.15) is 11.6 Å². The predicted molar refractivity (Wildman–Crippen MR) is 80.7 cm³/mol. The molecule has 0 spiro atoms. The number of anilines is 1. The summed E-state index contributed by atoms with van der Waals surface area (Å²) in [6.45, 7) is 2.70. The van der Waals surface area contributed by atoms with Crippen LogP contribution in [0.2, 0.25) is 0 Å². The average molecular weight is 283 g/mol. The molecule has 0 atom stereocenters. The molecule has 21 heavy (non-hydrogen) atoms. The molecule has 0 aliphatic heterocycles. The number of hydrogen-bond donors (Lipinski definition) is 1. The SMILES string of the molecule is COc1ccc(CCNc2nccn3c(C)nnc23)cc1. The number of benzene rings is 1. The Kier molecular flexibility index (Phi) is 3.68. The van der Waals surface area contributed by atoms with Gasteiger partial charge in [-0.25, -0.2) is 4.98 Å². The Labute approximate surface area is 122 Å². The molecule has 6 nitrogen and oxygen atoms in total. The summed E-state index contributed by atoms with van der Waals surface area (Å²) < 4.78 is 7.07. The highest BCUT2D eigenvalue weighted by Gasteiger charge is 2.06. The predicted octanol–water partition coefficient (Wildman–Crippen LogP) is 2.10. The molecule has 0 aliphatic carbocycles. The fourth-order valence-corrected chi connectivity index (χ4v) is 2.18. The Hall–Kier alpha value is -2.63. The molecular formula is C15H17N5O. The second-order valence-corrected chi connectivity index (χ2v) is 4.74. The third-order valence-electron chi connectivity index (χ3n) is 3.36. The van der Waals surface area contributed by atoms with Gasteiger partial charge < -0.3 is 10.1 Å². The van der Waals surface area contributed by atoms with Crippen LogP contribution in [0.1, 0.15) is 11.4 Å². The van der Waals surface area contributed by atoms with E-state index in [0.29, 0.717) is 0 Å². The molecule has 0 radical (unpaired) electrons. The van der Waals surface area contributed by atoms with E-state index < -0.39 is 0 Å². The van der Waals surface area contributed by atoms with Gasteiger partial charge in [-0.2, -0.15) is 0 Å². The topological polar surface area (TPSA) is 64.3 Å². The van der Waals surface area contributed by atoms with Crippen LogP contribution in [0.15, 0.2) is 36.7 Å². The zero-order chi connectivity index (χ0) is 14.7. The van der Waals surface area contributed by atoms with Crippen LogP contribution in [0.25, 0.3) is 5.65 Å². The molecule has 1 N–H and O–H groups in total. The van der Waals surface area contributed by atoms with Crippen molar-refractivity contribution in [2.75, 3.05) is 19.0 Å². The second-order valence-electron chi connectivity index (χ2n) is 4.74. The molecule has 0 saturated carbocycles. The zero-order valence-electron chi connectivity index (χ0n) is 12.1. The standard InChI is InChI=1S/C15H17N5O/c1-11-18-19-15-14(17-9-10-20(11)15)16-8-7-12-3-5-13(21-2)6-4-12/h3-6,9-10H,7-8H2,1-2H3,(H,16,17). The largest absolute Gasteiger partial charge is 0.497 e. The van der Waals surface area contributed by atoms with Gasteiger partial charge in [-0.3, -0.25) is 4.40 Å². The summed E-state index contributed by atoms with van der Waals surface area (Å²) in [6, 6.07) is 8.07.